The van der Waals surface area contributed by atoms with Crippen molar-refractivity contribution in [2.75, 3.05) is 18.0 Å². The van der Waals surface area contributed by atoms with E-state index in [1.54, 1.807) is 36.5 Å². The summed E-state index contributed by atoms with van der Waals surface area (Å²) in [6, 6.07) is 15.8. The summed E-state index contributed by atoms with van der Waals surface area (Å²) in [6.45, 7) is 6.02. The fourth-order valence-corrected chi connectivity index (χ4v) is 5.09. The molecule has 2 aliphatic rings. The average molecular weight is 485 g/mol. The largest absolute Gasteiger partial charge is 0.478 e. The number of nitrogens with zero attached hydrogens (tertiary/aromatic N) is 3. The number of aryl methyl sites for hydroxylation is 2. The van der Waals surface area contributed by atoms with Crippen molar-refractivity contribution in [3.63, 3.8) is 0 Å². The quantitative estimate of drug-likeness (QED) is 0.528. The number of anilines is 1. The van der Waals surface area contributed by atoms with E-state index in [0.29, 0.717) is 31.6 Å². The van der Waals surface area contributed by atoms with Gasteiger partial charge in [0.1, 0.15) is 5.54 Å². The van der Waals surface area contributed by atoms with E-state index in [1.165, 1.54) is 4.90 Å². The fourth-order valence-electron chi connectivity index (χ4n) is 5.09. The van der Waals surface area contributed by atoms with Crippen LogP contribution in [0.1, 0.15) is 40.0 Å². The number of pyridine rings is 1. The molecule has 2 aromatic carbocycles. The minimum atomic E-state index is -0.967. The number of carbonyl (C=O) groups excluding carboxylic acids is 2. The lowest BCUT2D eigenvalue weighted by molar-refractivity contribution is -0.123. The second kappa shape index (κ2) is 9.20. The Hall–Kier alpha value is -4.04. The number of hydrogen-bond donors (Lipinski definition) is 2. The number of amides is 3. The molecule has 0 saturated carbocycles. The first-order valence-corrected chi connectivity index (χ1v) is 12.0. The second-order valence-corrected chi connectivity index (χ2v) is 9.58. The van der Waals surface area contributed by atoms with Gasteiger partial charge in [-0.25, -0.2) is 14.5 Å². The molecule has 184 valence electrons. The number of carbonyl (C=O) groups is 3. The zero-order valence-electron chi connectivity index (χ0n) is 20.3. The van der Waals surface area contributed by atoms with Crippen molar-refractivity contribution >= 4 is 23.6 Å². The summed E-state index contributed by atoms with van der Waals surface area (Å²) in [6.07, 6.45) is 2.89. The standard InChI is InChI=1S/C28H28N4O4/c1-18-4-3-13-29-24(18)17-31-14-11-28(12-15-31)26(35)32(27(36)30-28)22-8-5-20(6-9-22)23-10-7-21(25(33)34)16-19(23)2/h3-10,13,16H,11-12,14-15,17H2,1-2H3,(H,30,36)(H,33,34). The number of rotatable bonds is 5. The monoisotopic (exact) mass is 484 g/mol. The van der Waals surface area contributed by atoms with Gasteiger partial charge in [-0.3, -0.25) is 14.7 Å². The van der Waals surface area contributed by atoms with Crippen LogP contribution in [-0.4, -0.2) is 51.5 Å². The lowest BCUT2D eigenvalue weighted by atomic mass is 9.87. The smallest absolute Gasteiger partial charge is 0.335 e. The Balaban J connectivity index is 1.29. The number of likely N-dealkylation sites (tertiary alicyclic amines) is 1. The molecule has 0 radical (unpaired) electrons. The van der Waals surface area contributed by atoms with Crippen LogP contribution in [-0.2, 0) is 11.3 Å². The Morgan fingerprint density at radius 1 is 1.03 bits per heavy atom. The van der Waals surface area contributed by atoms with E-state index < -0.39 is 17.5 Å². The highest BCUT2D eigenvalue weighted by Crippen LogP contribution is 2.34. The van der Waals surface area contributed by atoms with Gasteiger partial charge in [-0.2, -0.15) is 0 Å². The summed E-state index contributed by atoms with van der Waals surface area (Å²) in [5.74, 6) is -1.18. The third-order valence-electron chi connectivity index (χ3n) is 7.27. The lowest BCUT2D eigenvalue weighted by Gasteiger charge is -2.37. The third-order valence-corrected chi connectivity index (χ3v) is 7.27. The number of hydrogen-bond acceptors (Lipinski definition) is 5. The van der Waals surface area contributed by atoms with Gasteiger partial charge in [0.2, 0.25) is 0 Å². The van der Waals surface area contributed by atoms with Crippen LogP contribution in [0, 0.1) is 13.8 Å². The third kappa shape index (κ3) is 4.24. The molecule has 2 N–H and O–H groups in total. The molecule has 0 unspecified atom stereocenters. The van der Waals surface area contributed by atoms with Crippen molar-refractivity contribution in [3.05, 3.63) is 83.2 Å². The molecule has 1 spiro atoms. The van der Waals surface area contributed by atoms with E-state index >= 15 is 0 Å². The maximum absolute atomic E-state index is 13.5. The molecule has 2 aliphatic heterocycles. The number of aromatic carboxylic acids is 1. The van der Waals surface area contributed by atoms with Gasteiger partial charge in [0.05, 0.1) is 16.9 Å². The second-order valence-electron chi connectivity index (χ2n) is 9.58. The Bertz CT molecular complexity index is 1340. The van der Waals surface area contributed by atoms with E-state index in [0.717, 1.165) is 34.5 Å². The maximum Gasteiger partial charge on any atom is 0.335 e. The van der Waals surface area contributed by atoms with Crippen molar-refractivity contribution in [2.24, 2.45) is 0 Å². The molecule has 0 aliphatic carbocycles. The normalized spacial score (nSPS) is 17.4. The zero-order chi connectivity index (χ0) is 25.4. The molecule has 3 aromatic rings. The molecule has 36 heavy (non-hydrogen) atoms. The molecule has 3 heterocycles. The van der Waals surface area contributed by atoms with E-state index in [9.17, 15) is 19.5 Å². The zero-order valence-corrected chi connectivity index (χ0v) is 20.3. The average Bonchev–Trinajstić information content (AvgIpc) is 3.11. The van der Waals surface area contributed by atoms with Gasteiger partial charge in [0, 0.05) is 25.8 Å². The predicted octanol–water partition coefficient (Wildman–Crippen LogP) is 4.15. The first kappa shape index (κ1) is 23.7. The van der Waals surface area contributed by atoms with E-state index in [1.807, 2.05) is 38.1 Å². The first-order valence-electron chi connectivity index (χ1n) is 12.0. The number of nitrogens with one attached hydrogen (secondary N) is 1. The Kier molecular flexibility index (Phi) is 6.05. The van der Waals surface area contributed by atoms with Crippen LogP contribution in [0.15, 0.2) is 60.8 Å². The number of piperidine rings is 1. The van der Waals surface area contributed by atoms with Crippen LogP contribution >= 0.6 is 0 Å². The number of benzene rings is 2. The molecule has 2 saturated heterocycles. The highest BCUT2D eigenvalue weighted by atomic mass is 16.4. The van der Waals surface area contributed by atoms with Gasteiger partial charge < -0.3 is 10.4 Å². The Morgan fingerprint density at radius 2 is 1.75 bits per heavy atom. The van der Waals surface area contributed by atoms with Crippen molar-refractivity contribution in [3.8, 4) is 11.1 Å². The SMILES string of the molecule is Cc1cc(C(=O)O)ccc1-c1ccc(N2C(=O)NC3(CCN(Cc4ncccc4C)CC3)C2=O)cc1. The number of imide groups is 1. The highest BCUT2D eigenvalue weighted by molar-refractivity contribution is 6.23. The van der Waals surface area contributed by atoms with Crippen molar-refractivity contribution in [1.82, 2.24) is 15.2 Å². The maximum atomic E-state index is 13.5. The van der Waals surface area contributed by atoms with E-state index in [4.69, 9.17) is 0 Å². The van der Waals surface area contributed by atoms with Crippen LogP contribution in [0.2, 0.25) is 0 Å². The van der Waals surface area contributed by atoms with Crippen LogP contribution in [0.5, 0.6) is 0 Å². The minimum Gasteiger partial charge on any atom is -0.478 e. The van der Waals surface area contributed by atoms with E-state index in [2.05, 4.69) is 15.2 Å². The molecule has 8 heteroatoms. The first-order chi connectivity index (χ1) is 17.3. The highest BCUT2D eigenvalue weighted by Gasteiger charge is 2.52. The summed E-state index contributed by atoms with van der Waals surface area (Å²) < 4.78 is 0. The van der Waals surface area contributed by atoms with Crippen LogP contribution in [0.4, 0.5) is 10.5 Å². The van der Waals surface area contributed by atoms with E-state index in [-0.39, 0.29) is 11.5 Å². The van der Waals surface area contributed by atoms with Crippen LogP contribution in [0.25, 0.3) is 11.1 Å². The molecular formula is C28H28N4O4. The molecule has 5 rings (SSSR count). The Labute approximate surface area is 209 Å². The van der Waals surface area contributed by atoms with Gasteiger partial charge in [-0.15, -0.1) is 0 Å². The molecule has 0 atom stereocenters. The molecule has 2 fully saturated rings. The van der Waals surface area contributed by atoms with Gasteiger partial charge in [-0.1, -0.05) is 24.3 Å². The summed E-state index contributed by atoms with van der Waals surface area (Å²) in [5, 5.41) is 12.2. The summed E-state index contributed by atoms with van der Waals surface area (Å²) in [5.41, 5.74) is 4.67. The van der Waals surface area contributed by atoms with Crippen molar-refractivity contribution in [1.29, 1.82) is 0 Å². The van der Waals surface area contributed by atoms with Crippen molar-refractivity contribution in [2.45, 2.75) is 38.8 Å². The fraction of sp³-hybridized carbons (Fsp3) is 0.286. The summed E-state index contributed by atoms with van der Waals surface area (Å²) in [7, 11) is 0. The van der Waals surface area contributed by atoms with Crippen molar-refractivity contribution < 1.29 is 19.5 Å². The number of carboxylic acid groups (broad SMARTS) is 1. The molecule has 3 amide bonds. The van der Waals surface area contributed by atoms with Gasteiger partial charge in [0.15, 0.2) is 0 Å². The van der Waals surface area contributed by atoms with Gasteiger partial charge >= 0.3 is 12.0 Å². The number of aromatic nitrogens is 1. The van der Waals surface area contributed by atoms with Gasteiger partial charge in [0.25, 0.3) is 5.91 Å². The van der Waals surface area contributed by atoms with Crippen LogP contribution in [0.3, 0.4) is 0 Å². The summed E-state index contributed by atoms with van der Waals surface area (Å²) >= 11 is 0. The molecule has 1 aromatic heterocycles. The van der Waals surface area contributed by atoms with Crippen LogP contribution < -0.4 is 10.2 Å². The topological polar surface area (TPSA) is 103 Å². The lowest BCUT2D eigenvalue weighted by Crippen LogP contribution is -2.54. The predicted molar refractivity (Wildman–Crippen MR) is 136 cm³/mol. The molecular weight excluding hydrogens is 456 g/mol. The minimum absolute atomic E-state index is 0.212. The molecule has 0 bridgehead atoms. The molecule has 8 nitrogen and oxygen atoms in total. The van der Waals surface area contributed by atoms with Gasteiger partial charge in [-0.05, 0) is 79.3 Å². The Morgan fingerprint density at radius 3 is 2.39 bits per heavy atom. The summed E-state index contributed by atoms with van der Waals surface area (Å²) in [4.78, 5) is 45.6. The number of urea groups is 1. The number of carboxylic acids is 1.